The second-order valence-corrected chi connectivity index (χ2v) is 4.15. The van der Waals surface area contributed by atoms with Crippen molar-refractivity contribution in [3.8, 4) is 12.1 Å². The summed E-state index contributed by atoms with van der Waals surface area (Å²) >= 11 is 0. The van der Waals surface area contributed by atoms with Gasteiger partial charge < -0.3 is 4.57 Å². The summed E-state index contributed by atoms with van der Waals surface area (Å²) in [7, 11) is 0. The summed E-state index contributed by atoms with van der Waals surface area (Å²) in [6.45, 7) is 2.05. The molecule has 4 heteroatoms. The van der Waals surface area contributed by atoms with E-state index < -0.39 is 0 Å². The van der Waals surface area contributed by atoms with E-state index in [0.29, 0.717) is 6.42 Å². The lowest BCUT2D eigenvalue weighted by molar-refractivity contribution is 0.494. The zero-order valence-electron chi connectivity index (χ0n) is 10.3. The van der Waals surface area contributed by atoms with Gasteiger partial charge in [-0.3, -0.25) is 0 Å². The Morgan fingerprint density at radius 3 is 2.72 bits per heavy atom. The van der Waals surface area contributed by atoms with Gasteiger partial charge in [0.2, 0.25) is 0 Å². The smallest absolute Gasteiger partial charge is 0.124 e. The van der Waals surface area contributed by atoms with Gasteiger partial charge in [-0.15, -0.1) is 0 Å². The maximum atomic E-state index is 8.91. The molecule has 0 aliphatic rings. The third kappa shape index (κ3) is 2.06. The van der Waals surface area contributed by atoms with Gasteiger partial charge in [-0.1, -0.05) is 19.1 Å². The molecule has 0 N–H and O–H groups in total. The number of rotatable bonds is 4. The van der Waals surface area contributed by atoms with Crippen LogP contribution in [-0.2, 0) is 6.42 Å². The number of benzene rings is 1. The predicted molar refractivity (Wildman–Crippen MR) is 68.6 cm³/mol. The largest absolute Gasteiger partial charge is 0.323 e. The monoisotopic (exact) mass is 238 g/mol. The molecule has 0 radical (unpaired) electrons. The summed E-state index contributed by atoms with van der Waals surface area (Å²) in [6, 6.07) is 12.2. The third-order valence-corrected chi connectivity index (χ3v) is 3.07. The topological polar surface area (TPSA) is 65.4 Å². The first-order valence-electron chi connectivity index (χ1n) is 6.01. The maximum absolute atomic E-state index is 8.91. The van der Waals surface area contributed by atoms with Crippen LogP contribution in [0.1, 0.15) is 31.6 Å². The first kappa shape index (κ1) is 12.1. The fourth-order valence-electron chi connectivity index (χ4n) is 2.22. The third-order valence-electron chi connectivity index (χ3n) is 3.07. The second kappa shape index (κ2) is 5.33. The minimum atomic E-state index is 0.0887. The van der Waals surface area contributed by atoms with Gasteiger partial charge in [-0.2, -0.15) is 10.5 Å². The van der Waals surface area contributed by atoms with Crippen molar-refractivity contribution in [3.63, 3.8) is 0 Å². The number of para-hydroxylation sites is 2. The summed E-state index contributed by atoms with van der Waals surface area (Å²) in [5, 5.41) is 17.8. The van der Waals surface area contributed by atoms with E-state index in [1.807, 2.05) is 35.8 Å². The molecule has 0 fully saturated rings. The molecule has 0 aliphatic heterocycles. The van der Waals surface area contributed by atoms with Gasteiger partial charge in [0.25, 0.3) is 0 Å². The van der Waals surface area contributed by atoms with Gasteiger partial charge in [0.05, 0.1) is 36.0 Å². The van der Waals surface area contributed by atoms with Crippen molar-refractivity contribution in [1.29, 1.82) is 10.5 Å². The molecule has 90 valence electrons. The molecule has 1 aromatic heterocycles. The molecule has 0 saturated carbocycles. The van der Waals surface area contributed by atoms with E-state index in [-0.39, 0.29) is 12.5 Å². The van der Waals surface area contributed by atoms with Crippen molar-refractivity contribution < 1.29 is 0 Å². The van der Waals surface area contributed by atoms with Crippen molar-refractivity contribution in [2.24, 2.45) is 0 Å². The Hall–Kier alpha value is -2.33. The quantitative estimate of drug-likeness (QED) is 0.822. The Morgan fingerprint density at radius 1 is 1.28 bits per heavy atom. The van der Waals surface area contributed by atoms with E-state index in [2.05, 4.69) is 17.1 Å². The zero-order valence-corrected chi connectivity index (χ0v) is 10.3. The number of nitrogens with zero attached hydrogens (tertiary/aromatic N) is 4. The maximum Gasteiger partial charge on any atom is 0.124 e. The summed E-state index contributed by atoms with van der Waals surface area (Å²) in [5.74, 6) is 0.751. The van der Waals surface area contributed by atoms with Crippen molar-refractivity contribution >= 4 is 11.0 Å². The van der Waals surface area contributed by atoms with Gasteiger partial charge in [0, 0.05) is 6.04 Å². The van der Waals surface area contributed by atoms with Crippen molar-refractivity contribution in [3.05, 3.63) is 30.1 Å². The molecule has 0 bridgehead atoms. The SMILES string of the molecule is CCC(CC#N)n1c(CC#N)nc2ccccc21. The van der Waals surface area contributed by atoms with E-state index in [1.54, 1.807) is 0 Å². The van der Waals surface area contributed by atoms with E-state index in [0.717, 1.165) is 23.3 Å². The van der Waals surface area contributed by atoms with Crippen LogP contribution in [0.2, 0.25) is 0 Å². The minimum absolute atomic E-state index is 0.0887. The van der Waals surface area contributed by atoms with Crippen LogP contribution >= 0.6 is 0 Å². The highest BCUT2D eigenvalue weighted by Crippen LogP contribution is 2.25. The Balaban J connectivity index is 2.61. The molecule has 2 aromatic rings. The molecule has 0 saturated heterocycles. The normalized spacial score (nSPS) is 11.9. The highest BCUT2D eigenvalue weighted by Gasteiger charge is 2.17. The summed E-state index contributed by atoms with van der Waals surface area (Å²) < 4.78 is 2.04. The van der Waals surface area contributed by atoms with Gasteiger partial charge in [0.1, 0.15) is 5.82 Å². The molecule has 0 spiro atoms. The van der Waals surface area contributed by atoms with Crippen LogP contribution in [0, 0.1) is 22.7 Å². The highest BCUT2D eigenvalue weighted by atomic mass is 15.1. The number of hydrogen-bond donors (Lipinski definition) is 0. The molecule has 0 aliphatic carbocycles. The van der Waals surface area contributed by atoms with Crippen molar-refractivity contribution in [1.82, 2.24) is 9.55 Å². The number of aromatic nitrogens is 2. The first-order valence-corrected chi connectivity index (χ1v) is 6.01. The number of imidazole rings is 1. The molecule has 1 unspecified atom stereocenters. The predicted octanol–water partition coefficient (Wildman–Crippen LogP) is 2.97. The Morgan fingerprint density at radius 2 is 2.06 bits per heavy atom. The minimum Gasteiger partial charge on any atom is -0.323 e. The van der Waals surface area contributed by atoms with Crippen LogP contribution in [0.5, 0.6) is 0 Å². The molecule has 1 atom stereocenters. The molecule has 2 rings (SSSR count). The summed E-state index contributed by atoms with van der Waals surface area (Å²) in [5.41, 5.74) is 1.89. The molecule has 0 amide bonds. The van der Waals surface area contributed by atoms with Gasteiger partial charge in [0.15, 0.2) is 0 Å². The standard InChI is InChI=1S/C14H14N4/c1-2-11(7-9-15)18-13-6-4-3-5-12(13)17-14(18)8-10-16/h3-6,11H,2,7-8H2,1H3. The summed E-state index contributed by atoms with van der Waals surface area (Å²) in [4.78, 5) is 4.48. The second-order valence-electron chi connectivity index (χ2n) is 4.15. The fraction of sp³-hybridized carbons (Fsp3) is 0.357. The van der Waals surface area contributed by atoms with Crippen molar-refractivity contribution in [2.75, 3.05) is 0 Å². The van der Waals surface area contributed by atoms with Crippen LogP contribution in [-0.4, -0.2) is 9.55 Å². The van der Waals surface area contributed by atoms with Gasteiger partial charge in [-0.05, 0) is 18.6 Å². The highest BCUT2D eigenvalue weighted by molar-refractivity contribution is 5.76. The Labute approximate surface area is 106 Å². The lowest BCUT2D eigenvalue weighted by Gasteiger charge is -2.16. The molecule has 1 aromatic carbocycles. The van der Waals surface area contributed by atoms with Gasteiger partial charge >= 0.3 is 0 Å². The average molecular weight is 238 g/mol. The lowest BCUT2D eigenvalue weighted by atomic mass is 10.1. The van der Waals surface area contributed by atoms with Crippen molar-refractivity contribution in [2.45, 2.75) is 32.2 Å². The number of hydrogen-bond acceptors (Lipinski definition) is 3. The average Bonchev–Trinajstić information content (AvgIpc) is 2.74. The molecular weight excluding hydrogens is 224 g/mol. The molecule has 4 nitrogen and oxygen atoms in total. The van der Waals surface area contributed by atoms with Crippen LogP contribution in [0.4, 0.5) is 0 Å². The van der Waals surface area contributed by atoms with Crippen LogP contribution < -0.4 is 0 Å². The number of nitriles is 2. The van der Waals surface area contributed by atoms with E-state index in [4.69, 9.17) is 10.5 Å². The summed E-state index contributed by atoms with van der Waals surface area (Å²) in [6.07, 6.45) is 1.57. The van der Waals surface area contributed by atoms with Crippen LogP contribution in [0.3, 0.4) is 0 Å². The van der Waals surface area contributed by atoms with Crippen LogP contribution in [0.15, 0.2) is 24.3 Å². The van der Waals surface area contributed by atoms with Crippen LogP contribution in [0.25, 0.3) is 11.0 Å². The van der Waals surface area contributed by atoms with E-state index in [1.165, 1.54) is 0 Å². The zero-order chi connectivity index (χ0) is 13.0. The first-order chi connectivity index (χ1) is 8.81. The Bertz CT molecular complexity index is 627. The Kier molecular flexibility index (Phi) is 3.60. The number of fused-ring (bicyclic) bond motifs is 1. The molecule has 18 heavy (non-hydrogen) atoms. The van der Waals surface area contributed by atoms with E-state index in [9.17, 15) is 0 Å². The van der Waals surface area contributed by atoms with Gasteiger partial charge in [-0.25, -0.2) is 4.98 Å². The molecular formula is C14H14N4. The molecule has 1 heterocycles. The van der Waals surface area contributed by atoms with E-state index >= 15 is 0 Å². The lowest BCUT2D eigenvalue weighted by Crippen LogP contribution is -2.11. The fourth-order valence-corrected chi connectivity index (χ4v) is 2.22.